The van der Waals surface area contributed by atoms with Crippen LogP contribution in [-0.2, 0) is 11.8 Å². The molecule has 0 bridgehead atoms. The van der Waals surface area contributed by atoms with Gasteiger partial charge in [-0.05, 0) is 5.56 Å². The van der Waals surface area contributed by atoms with Crippen molar-refractivity contribution >= 4 is 22.9 Å². The first-order valence-corrected chi connectivity index (χ1v) is 8.37. The SMILES string of the molecule is Cn1ccnc1[C@@H](NC(=O)CN1CCSC1=O)c1ccccc1. The first-order valence-electron chi connectivity index (χ1n) is 7.38. The molecule has 2 amide bonds. The van der Waals surface area contributed by atoms with Crippen molar-refractivity contribution in [3.05, 3.63) is 54.1 Å². The highest BCUT2D eigenvalue weighted by Crippen LogP contribution is 2.21. The number of nitrogens with one attached hydrogen (secondary N) is 1. The van der Waals surface area contributed by atoms with Gasteiger partial charge in [0.2, 0.25) is 5.91 Å². The molecule has 0 saturated carbocycles. The van der Waals surface area contributed by atoms with Gasteiger partial charge < -0.3 is 14.8 Å². The Labute approximate surface area is 138 Å². The molecular formula is C16H18N4O2S. The maximum Gasteiger partial charge on any atom is 0.282 e. The molecule has 1 aromatic carbocycles. The van der Waals surface area contributed by atoms with Gasteiger partial charge >= 0.3 is 0 Å². The van der Waals surface area contributed by atoms with Crippen molar-refractivity contribution in [2.75, 3.05) is 18.8 Å². The molecule has 1 N–H and O–H groups in total. The van der Waals surface area contributed by atoms with E-state index < -0.39 is 0 Å². The number of hydrogen-bond donors (Lipinski definition) is 1. The van der Waals surface area contributed by atoms with Crippen LogP contribution in [0.1, 0.15) is 17.4 Å². The van der Waals surface area contributed by atoms with Gasteiger partial charge in [0.1, 0.15) is 18.4 Å². The van der Waals surface area contributed by atoms with Gasteiger partial charge in [0.05, 0.1) is 0 Å². The predicted octanol–water partition coefficient (Wildman–Crippen LogP) is 1.79. The van der Waals surface area contributed by atoms with Gasteiger partial charge in [0.15, 0.2) is 0 Å². The lowest BCUT2D eigenvalue weighted by atomic mass is 10.1. The van der Waals surface area contributed by atoms with Gasteiger partial charge in [-0.1, -0.05) is 42.1 Å². The smallest absolute Gasteiger partial charge is 0.282 e. The molecule has 1 saturated heterocycles. The highest BCUT2D eigenvalue weighted by atomic mass is 32.2. The van der Waals surface area contributed by atoms with E-state index in [1.54, 1.807) is 11.1 Å². The quantitative estimate of drug-likeness (QED) is 0.908. The van der Waals surface area contributed by atoms with Gasteiger partial charge in [-0.2, -0.15) is 0 Å². The first-order chi connectivity index (χ1) is 11.1. The second-order valence-corrected chi connectivity index (χ2v) is 6.39. The monoisotopic (exact) mass is 330 g/mol. The molecule has 2 heterocycles. The molecule has 6 nitrogen and oxygen atoms in total. The van der Waals surface area contributed by atoms with Gasteiger partial charge in [-0.15, -0.1) is 0 Å². The number of imidazole rings is 1. The second-order valence-electron chi connectivity index (χ2n) is 5.34. The summed E-state index contributed by atoms with van der Waals surface area (Å²) in [6, 6.07) is 9.36. The third-order valence-electron chi connectivity index (χ3n) is 3.73. The van der Waals surface area contributed by atoms with Crippen molar-refractivity contribution in [3.8, 4) is 0 Å². The summed E-state index contributed by atoms with van der Waals surface area (Å²) in [4.78, 5) is 30.0. The highest BCUT2D eigenvalue weighted by Gasteiger charge is 2.26. The summed E-state index contributed by atoms with van der Waals surface area (Å²) in [5, 5.41) is 2.96. The summed E-state index contributed by atoms with van der Waals surface area (Å²) in [7, 11) is 1.89. The zero-order chi connectivity index (χ0) is 16.2. The first kappa shape index (κ1) is 15.6. The van der Waals surface area contributed by atoms with Gasteiger partial charge in [-0.3, -0.25) is 9.59 Å². The zero-order valence-corrected chi connectivity index (χ0v) is 13.6. The fraction of sp³-hybridized carbons (Fsp3) is 0.312. The van der Waals surface area contributed by atoms with Crippen LogP contribution in [0.2, 0.25) is 0 Å². The molecule has 1 fully saturated rings. The van der Waals surface area contributed by atoms with Crippen LogP contribution in [0, 0.1) is 0 Å². The molecule has 0 unspecified atom stereocenters. The van der Waals surface area contributed by atoms with Crippen molar-refractivity contribution in [1.82, 2.24) is 19.8 Å². The number of carbonyl (C=O) groups is 2. The Morgan fingerprint density at radius 3 is 2.78 bits per heavy atom. The minimum atomic E-state index is -0.339. The molecule has 1 aliphatic rings. The summed E-state index contributed by atoms with van der Waals surface area (Å²) < 4.78 is 1.88. The molecule has 7 heteroatoms. The molecule has 0 spiro atoms. The standard InChI is InChI=1S/C16H18N4O2S/c1-19-8-7-17-15(19)14(12-5-3-2-4-6-12)18-13(21)11-20-9-10-23-16(20)22/h2-8,14H,9-11H2,1H3,(H,18,21)/t14-/m0/s1. The summed E-state index contributed by atoms with van der Waals surface area (Å²) in [5.74, 6) is 1.32. The number of aromatic nitrogens is 2. The molecule has 23 heavy (non-hydrogen) atoms. The van der Waals surface area contributed by atoms with E-state index in [-0.39, 0.29) is 23.7 Å². The lowest BCUT2D eigenvalue weighted by Crippen LogP contribution is -2.39. The number of benzene rings is 1. The van der Waals surface area contributed by atoms with E-state index in [0.29, 0.717) is 6.54 Å². The van der Waals surface area contributed by atoms with Gasteiger partial charge in [0, 0.05) is 31.7 Å². The Balaban J connectivity index is 1.78. The lowest BCUT2D eigenvalue weighted by Gasteiger charge is -2.21. The molecule has 0 radical (unpaired) electrons. The number of rotatable bonds is 5. The summed E-state index contributed by atoms with van der Waals surface area (Å²) >= 11 is 1.25. The maximum atomic E-state index is 12.4. The van der Waals surface area contributed by atoms with E-state index in [1.165, 1.54) is 11.8 Å². The van der Waals surface area contributed by atoms with Crippen molar-refractivity contribution < 1.29 is 9.59 Å². The van der Waals surface area contributed by atoms with E-state index in [2.05, 4.69) is 10.3 Å². The second kappa shape index (κ2) is 6.87. The molecule has 1 aliphatic heterocycles. The lowest BCUT2D eigenvalue weighted by molar-refractivity contribution is -0.122. The maximum absolute atomic E-state index is 12.4. The third kappa shape index (κ3) is 3.56. The van der Waals surface area contributed by atoms with E-state index >= 15 is 0 Å². The minimum Gasteiger partial charge on any atom is -0.341 e. The van der Waals surface area contributed by atoms with Crippen LogP contribution >= 0.6 is 11.8 Å². The fourth-order valence-corrected chi connectivity index (χ4v) is 3.37. The number of nitrogens with zero attached hydrogens (tertiary/aromatic N) is 3. The Hall–Kier alpha value is -2.28. The predicted molar refractivity (Wildman–Crippen MR) is 89.1 cm³/mol. The van der Waals surface area contributed by atoms with E-state index in [0.717, 1.165) is 17.1 Å². The fourth-order valence-electron chi connectivity index (χ4n) is 2.55. The van der Waals surface area contributed by atoms with Crippen LogP contribution in [0.3, 0.4) is 0 Å². The largest absolute Gasteiger partial charge is 0.341 e. The van der Waals surface area contributed by atoms with Crippen LogP contribution in [0.5, 0.6) is 0 Å². The number of thioether (sulfide) groups is 1. The number of amides is 2. The number of carbonyl (C=O) groups excluding carboxylic acids is 2. The third-order valence-corrected chi connectivity index (χ3v) is 4.63. The Morgan fingerprint density at radius 1 is 1.39 bits per heavy atom. The van der Waals surface area contributed by atoms with E-state index in [4.69, 9.17) is 0 Å². The Bertz CT molecular complexity index is 701. The topological polar surface area (TPSA) is 67.2 Å². The summed E-state index contributed by atoms with van der Waals surface area (Å²) in [6.45, 7) is 0.703. The van der Waals surface area contributed by atoms with E-state index in [9.17, 15) is 9.59 Å². The molecule has 1 atom stereocenters. The van der Waals surface area contributed by atoms with Crippen molar-refractivity contribution in [3.63, 3.8) is 0 Å². The Kier molecular flexibility index (Phi) is 4.66. The number of hydrogen-bond acceptors (Lipinski definition) is 4. The average molecular weight is 330 g/mol. The van der Waals surface area contributed by atoms with Crippen molar-refractivity contribution in [2.45, 2.75) is 6.04 Å². The van der Waals surface area contributed by atoms with Gasteiger partial charge in [-0.25, -0.2) is 4.98 Å². The van der Waals surface area contributed by atoms with Crippen LogP contribution in [0.25, 0.3) is 0 Å². The highest BCUT2D eigenvalue weighted by molar-refractivity contribution is 8.13. The van der Waals surface area contributed by atoms with Gasteiger partial charge in [0.25, 0.3) is 5.24 Å². The van der Waals surface area contributed by atoms with Crippen LogP contribution in [-0.4, -0.2) is 44.4 Å². The normalized spacial score (nSPS) is 15.7. The number of aryl methyl sites for hydroxylation is 1. The van der Waals surface area contributed by atoms with Crippen LogP contribution in [0.4, 0.5) is 4.79 Å². The zero-order valence-electron chi connectivity index (χ0n) is 12.8. The van der Waals surface area contributed by atoms with Crippen LogP contribution < -0.4 is 5.32 Å². The summed E-state index contributed by atoms with van der Waals surface area (Å²) in [5.41, 5.74) is 0.956. The van der Waals surface area contributed by atoms with Crippen molar-refractivity contribution in [2.24, 2.45) is 7.05 Å². The van der Waals surface area contributed by atoms with E-state index in [1.807, 2.05) is 48.1 Å². The molecule has 0 aliphatic carbocycles. The molecule has 1 aromatic heterocycles. The Morgan fingerprint density at radius 2 is 2.17 bits per heavy atom. The average Bonchev–Trinajstić information content (AvgIpc) is 3.15. The molecule has 3 rings (SSSR count). The summed E-state index contributed by atoms with van der Waals surface area (Å²) in [6.07, 6.45) is 3.55. The van der Waals surface area contributed by atoms with Crippen molar-refractivity contribution in [1.29, 1.82) is 0 Å². The molecule has 120 valence electrons. The molecule has 2 aromatic rings. The van der Waals surface area contributed by atoms with Crippen LogP contribution in [0.15, 0.2) is 42.7 Å². The minimum absolute atomic E-state index is 0.0339. The molecular weight excluding hydrogens is 312 g/mol.